The highest BCUT2D eigenvalue weighted by molar-refractivity contribution is 8.00. The van der Waals surface area contributed by atoms with Crippen LogP contribution >= 0.6 is 11.8 Å². The van der Waals surface area contributed by atoms with Crippen LogP contribution in [0.2, 0.25) is 0 Å². The molecule has 2 rings (SSSR count). The second-order valence-electron chi connectivity index (χ2n) is 5.18. The Morgan fingerprint density at radius 1 is 1.35 bits per heavy atom. The quantitative estimate of drug-likeness (QED) is 0.792. The van der Waals surface area contributed by atoms with Gasteiger partial charge in [0.05, 0.1) is 18.4 Å². The van der Waals surface area contributed by atoms with Crippen molar-refractivity contribution in [3.05, 3.63) is 47.2 Å². The number of alkyl halides is 3. The molecule has 1 aromatic carbocycles. The molecule has 0 aliphatic carbocycles. The monoisotopic (exact) mass is 381 g/mol. The van der Waals surface area contributed by atoms with Crippen molar-refractivity contribution in [2.75, 3.05) is 18.2 Å². The van der Waals surface area contributed by atoms with Gasteiger partial charge in [-0.1, -0.05) is 11.8 Å². The SMILES string of the molecule is COc1ccc(NC(=O)CSc2nc(C(F)(F)F)cc(C)c2C#N)cc1. The van der Waals surface area contributed by atoms with Gasteiger partial charge < -0.3 is 10.1 Å². The van der Waals surface area contributed by atoms with Gasteiger partial charge in [-0.25, -0.2) is 4.98 Å². The number of benzene rings is 1. The second-order valence-corrected chi connectivity index (χ2v) is 6.14. The van der Waals surface area contributed by atoms with Gasteiger partial charge in [-0.15, -0.1) is 0 Å². The molecule has 0 fully saturated rings. The fraction of sp³-hybridized carbons (Fsp3) is 0.235. The van der Waals surface area contributed by atoms with E-state index in [0.29, 0.717) is 11.4 Å². The van der Waals surface area contributed by atoms with Crippen LogP contribution < -0.4 is 10.1 Å². The lowest BCUT2D eigenvalue weighted by molar-refractivity contribution is -0.141. The third-order valence-electron chi connectivity index (χ3n) is 3.30. The molecule has 0 bridgehead atoms. The third-order valence-corrected chi connectivity index (χ3v) is 4.27. The number of carbonyl (C=O) groups is 1. The lowest BCUT2D eigenvalue weighted by atomic mass is 10.1. The number of halogens is 3. The Kier molecular flexibility index (Phi) is 6.10. The summed E-state index contributed by atoms with van der Waals surface area (Å²) in [5.74, 6) is 0.00895. The molecule has 136 valence electrons. The van der Waals surface area contributed by atoms with Crippen LogP contribution in [0.15, 0.2) is 35.4 Å². The van der Waals surface area contributed by atoms with Crippen molar-refractivity contribution in [2.45, 2.75) is 18.1 Å². The molecule has 1 N–H and O–H groups in total. The molecule has 0 aliphatic heterocycles. The zero-order valence-electron chi connectivity index (χ0n) is 13.8. The molecule has 0 saturated carbocycles. The standard InChI is InChI=1S/C17H14F3N3O2S/c1-10-7-14(17(18,19)20)23-16(13(10)8-21)26-9-15(24)22-11-3-5-12(25-2)6-4-11/h3-7H,9H2,1-2H3,(H,22,24). The Bertz CT molecular complexity index is 846. The Morgan fingerprint density at radius 2 is 2.00 bits per heavy atom. The van der Waals surface area contributed by atoms with E-state index in [4.69, 9.17) is 10.00 Å². The minimum absolute atomic E-state index is 0.0280. The zero-order chi connectivity index (χ0) is 19.3. The highest BCUT2D eigenvalue weighted by Crippen LogP contribution is 2.32. The van der Waals surface area contributed by atoms with Gasteiger partial charge in [-0.2, -0.15) is 18.4 Å². The van der Waals surface area contributed by atoms with Crippen LogP contribution in [0.4, 0.5) is 18.9 Å². The number of thioether (sulfide) groups is 1. The number of pyridine rings is 1. The van der Waals surface area contributed by atoms with E-state index in [9.17, 15) is 18.0 Å². The Labute approximate surface area is 152 Å². The number of aryl methyl sites for hydroxylation is 1. The Balaban J connectivity index is 2.11. The molecular weight excluding hydrogens is 367 g/mol. The zero-order valence-corrected chi connectivity index (χ0v) is 14.7. The van der Waals surface area contributed by atoms with E-state index in [2.05, 4.69) is 10.3 Å². The number of nitrogens with zero attached hydrogens (tertiary/aromatic N) is 2. The molecule has 1 heterocycles. The number of rotatable bonds is 5. The van der Waals surface area contributed by atoms with Crippen molar-refractivity contribution < 1.29 is 22.7 Å². The first-order chi connectivity index (χ1) is 12.2. The molecule has 1 amide bonds. The lowest BCUT2D eigenvalue weighted by Gasteiger charge is -2.11. The van der Waals surface area contributed by atoms with Gasteiger partial charge in [0.1, 0.15) is 22.5 Å². The number of hydrogen-bond acceptors (Lipinski definition) is 5. The molecular formula is C17H14F3N3O2S. The molecule has 0 aliphatic rings. The van der Waals surface area contributed by atoms with Crippen molar-refractivity contribution >= 4 is 23.4 Å². The van der Waals surface area contributed by atoms with Crippen molar-refractivity contribution in [1.82, 2.24) is 4.98 Å². The number of nitrogens with one attached hydrogen (secondary N) is 1. The normalized spacial score (nSPS) is 10.9. The summed E-state index contributed by atoms with van der Waals surface area (Å²) in [6, 6.07) is 9.24. The topological polar surface area (TPSA) is 75.0 Å². The molecule has 9 heteroatoms. The molecule has 0 unspecified atom stereocenters. The van der Waals surface area contributed by atoms with Gasteiger partial charge in [0.25, 0.3) is 0 Å². The molecule has 0 radical (unpaired) electrons. The summed E-state index contributed by atoms with van der Waals surface area (Å²) in [7, 11) is 1.51. The maximum atomic E-state index is 12.9. The Hall–Kier alpha value is -2.73. The number of methoxy groups -OCH3 is 1. The molecule has 2 aromatic rings. The van der Waals surface area contributed by atoms with Gasteiger partial charge in [0.2, 0.25) is 5.91 Å². The number of anilines is 1. The smallest absolute Gasteiger partial charge is 0.433 e. The fourth-order valence-electron chi connectivity index (χ4n) is 2.03. The molecule has 0 saturated heterocycles. The fourth-order valence-corrected chi connectivity index (χ4v) is 2.89. The maximum absolute atomic E-state index is 12.9. The van der Waals surface area contributed by atoms with Crippen LogP contribution in [0.1, 0.15) is 16.8 Å². The van der Waals surface area contributed by atoms with Gasteiger partial charge in [-0.3, -0.25) is 4.79 Å². The summed E-state index contributed by atoms with van der Waals surface area (Å²) in [6.45, 7) is 1.40. The van der Waals surface area contributed by atoms with E-state index in [1.807, 2.05) is 6.07 Å². The van der Waals surface area contributed by atoms with E-state index in [0.717, 1.165) is 17.8 Å². The van der Waals surface area contributed by atoms with E-state index in [-0.39, 0.29) is 21.9 Å². The number of aromatic nitrogens is 1. The van der Waals surface area contributed by atoms with Gasteiger partial charge in [0, 0.05) is 5.69 Å². The van der Waals surface area contributed by atoms with Crippen molar-refractivity contribution in [3.8, 4) is 11.8 Å². The molecule has 0 spiro atoms. The largest absolute Gasteiger partial charge is 0.497 e. The van der Waals surface area contributed by atoms with Crippen LogP contribution in [0.3, 0.4) is 0 Å². The van der Waals surface area contributed by atoms with Crippen molar-refractivity contribution in [2.24, 2.45) is 0 Å². The van der Waals surface area contributed by atoms with Gasteiger partial charge >= 0.3 is 6.18 Å². The number of ether oxygens (including phenoxy) is 1. The summed E-state index contributed by atoms with van der Waals surface area (Å²) in [5.41, 5.74) is -0.384. The maximum Gasteiger partial charge on any atom is 0.433 e. The molecule has 26 heavy (non-hydrogen) atoms. The van der Waals surface area contributed by atoms with Crippen LogP contribution in [-0.4, -0.2) is 23.8 Å². The Morgan fingerprint density at radius 3 is 2.54 bits per heavy atom. The lowest BCUT2D eigenvalue weighted by Crippen LogP contribution is -2.15. The molecule has 5 nitrogen and oxygen atoms in total. The number of hydrogen-bond donors (Lipinski definition) is 1. The van der Waals surface area contributed by atoms with Crippen LogP contribution in [0.25, 0.3) is 0 Å². The molecule has 0 atom stereocenters. The number of carbonyl (C=O) groups excluding carboxylic acids is 1. The van der Waals surface area contributed by atoms with Crippen LogP contribution in [-0.2, 0) is 11.0 Å². The first kappa shape index (κ1) is 19.6. The van der Waals surface area contributed by atoms with Crippen LogP contribution in [0.5, 0.6) is 5.75 Å². The van der Waals surface area contributed by atoms with E-state index < -0.39 is 17.8 Å². The summed E-state index contributed by atoms with van der Waals surface area (Å²) in [4.78, 5) is 15.5. The highest BCUT2D eigenvalue weighted by atomic mass is 32.2. The minimum atomic E-state index is -4.63. The first-order valence-electron chi connectivity index (χ1n) is 7.30. The second kappa shape index (κ2) is 8.10. The number of nitriles is 1. The van der Waals surface area contributed by atoms with E-state index >= 15 is 0 Å². The van der Waals surface area contributed by atoms with E-state index in [1.54, 1.807) is 24.3 Å². The third kappa shape index (κ3) is 4.89. The highest BCUT2D eigenvalue weighted by Gasteiger charge is 2.34. The number of amides is 1. The van der Waals surface area contributed by atoms with Crippen LogP contribution in [0, 0.1) is 18.3 Å². The summed E-state index contributed by atoms with van der Waals surface area (Å²) in [5, 5.41) is 11.6. The summed E-state index contributed by atoms with van der Waals surface area (Å²) in [6.07, 6.45) is -4.63. The summed E-state index contributed by atoms with van der Waals surface area (Å²) < 4.78 is 43.7. The minimum Gasteiger partial charge on any atom is -0.497 e. The van der Waals surface area contributed by atoms with E-state index in [1.165, 1.54) is 14.0 Å². The predicted molar refractivity (Wildman–Crippen MR) is 91.0 cm³/mol. The summed E-state index contributed by atoms with van der Waals surface area (Å²) >= 11 is 0.781. The van der Waals surface area contributed by atoms with Crippen molar-refractivity contribution in [1.29, 1.82) is 5.26 Å². The molecule has 1 aromatic heterocycles. The average Bonchev–Trinajstić information content (AvgIpc) is 2.59. The van der Waals surface area contributed by atoms with Crippen molar-refractivity contribution in [3.63, 3.8) is 0 Å². The van der Waals surface area contributed by atoms with Gasteiger partial charge in [-0.05, 0) is 42.8 Å². The predicted octanol–water partition coefficient (Wildman–Crippen LogP) is 4.02. The average molecular weight is 381 g/mol. The first-order valence-corrected chi connectivity index (χ1v) is 8.28. The van der Waals surface area contributed by atoms with Gasteiger partial charge in [0.15, 0.2) is 0 Å².